The van der Waals surface area contributed by atoms with Crippen LogP contribution in [0, 0.1) is 24.0 Å². The summed E-state index contributed by atoms with van der Waals surface area (Å²) >= 11 is 0. The number of nitrogens with zero attached hydrogens (tertiary/aromatic N) is 5. The standard InChI is InChI=1S/C34H32F2N6O/c1-2-24-27(35)8-5-20-15-23(43)16-25(29(20)24)31-30(36)32-26(17-37-31)33(41-18-21-6-7-22(19-41)38-21)40-28(39-32)9-12-34-10-3-13-42(34)14-4-11-34/h1,5,8-9,12,15-17,21-22,38,43H,3-4,6-7,10-11,13-14,18-19H2/b12-9+/t21-,22+. The molecule has 2 atom stereocenters. The topological polar surface area (TPSA) is 77.4 Å². The van der Waals surface area contributed by atoms with E-state index in [9.17, 15) is 9.50 Å². The van der Waals surface area contributed by atoms with Crippen LogP contribution in [0.25, 0.3) is 39.0 Å². The highest BCUT2D eigenvalue weighted by Gasteiger charge is 2.42. The van der Waals surface area contributed by atoms with Gasteiger partial charge in [-0.25, -0.2) is 18.7 Å². The highest BCUT2D eigenvalue weighted by molar-refractivity contribution is 6.03. The number of nitrogens with one attached hydrogen (secondary N) is 1. The number of hydrogen-bond donors (Lipinski definition) is 2. The van der Waals surface area contributed by atoms with E-state index < -0.39 is 11.6 Å². The molecular weight excluding hydrogens is 546 g/mol. The summed E-state index contributed by atoms with van der Waals surface area (Å²) in [4.78, 5) is 19.1. The van der Waals surface area contributed by atoms with Crippen LogP contribution < -0.4 is 10.2 Å². The molecule has 8 rings (SSSR count). The minimum atomic E-state index is -0.658. The van der Waals surface area contributed by atoms with Crippen molar-refractivity contribution in [3.05, 3.63) is 59.6 Å². The molecule has 0 saturated carbocycles. The van der Waals surface area contributed by atoms with E-state index in [0.29, 0.717) is 39.9 Å². The monoisotopic (exact) mass is 578 g/mol. The number of benzene rings is 2. The van der Waals surface area contributed by atoms with Crippen molar-refractivity contribution in [2.45, 2.75) is 56.1 Å². The van der Waals surface area contributed by atoms with Crippen molar-refractivity contribution in [1.82, 2.24) is 25.2 Å². The largest absolute Gasteiger partial charge is 0.508 e. The zero-order valence-corrected chi connectivity index (χ0v) is 23.8. The molecule has 2 N–H and O–H groups in total. The van der Waals surface area contributed by atoms with Crippen molar-refractivity contribution < 1.29 is 13.9 Å². The minimum absolute atomic E-state index is 0.00553. The third kappa shape index (κ3) is 4.27. The normalized spacial score (nSPS) is 23.0. The maximum absolute atomic E-state index is 16.8. The molecule has 2 aromatic carbocycles. The van der Waals surface area contributed by atoms with E-state index in [4.69, 9.17) is 16.4 Å². The number of phenolic OH excluding ortho intramolecular Hbond substituents is 1. The molecule has 2 bridgehead atoms. The lowest BCUT2D eigenvalue weighted by Gasteiger charge is -2.34. The number of phenols is 1. The molecule has 4 aliphatic rings. The van der Waals surface area contributed by atoms with Gasteiger partial charge >= 0.3 is 0 Å². The zero-order valence-electron chi connectivity index (χ0n) is 23.8. The van der Waals surface area contributed by atoms with E-state index in [0.717, 1.165) is 51.9 Å². The maximum atomic E-state index is 16.8. The summed E-state index contributed by atoms with van der Waals surface area (Å²) in [6.45, 7) is 3.74. The molecule has 2 aromatic heterocycles. The van der Waals surface area contributed by atoms with Gasteiger partial charge in [0.15, 0.2) is 11.6 Å². The Balaban J connectivity index is 1.32. The second-order valence-corrected chi connectivity index (χ2v) is 12.4. The summed E-state index contributed by atoms with van der Waals surface area (Å²) in [5, 5.41) is 15.5. The summed E-state index contributed by atoms with van der Waals surface area (Å²) in [5.41, 5.74) is 0.319. The Bertz CT molecular complexity index is 1840. The number of halogens is 2. The predicted octanol–water partition coefficient (Wildman–Crippen LogP) is 5.39. The molecule has 6 heterocycles. The smallest absolute Gasteiger partial charge is 0.175 e. The Morgan fingerprint density at radius 3 is 2.58 bits per heavy atom. The lowest BCUT2D eigenvalue weighted by Crippen LogP contribution is -2.51. The molecule has 0 radical (unpaired) electrons. The fourth-order valence-corrected chi connectivity index (χ4v) is 7.94. The maximum Gasteiger partial charge on any atom is 0.175 e. The van der Waals surface area contributed by atoms with Crippen LogP contribution >= 0.6 is 0 Å². The van der Waals surface area contributed by atoms with Crippen LogP contribution in [0.5, 0.6) is 5.75 Å². The summed E-state index contributed by atoms with van der Waals surface area (Å²) in [6, 6.07) is 6.35. The van der Waals surface area contributed by atoms with E-state index in [-0.39, 0.29) is 33.6 Å². The Hall–Kier alpha value is -4.13. The van der Waals surface area contributed by atoms with E-state index in [2.05, 4.69) is 32.1 Å². The molecule has 0 spiro atoms. The van der Waals surface area contributed by atoms with Crippen LogP contribution in [0.4, 0.5) is 14.6 Å². The Kier molecular flexibility index (Phi) is 6.14. The first-order valence-electron chi connectivity index (χ1n) is 15.2. The third-order valence-electron chi connectivity index (χ3n) is 9.90. The molecular formula is C34H32F2N6O. The average Bonchev–Trinajstić information content (AvgIpc) is 3.69. The fraction of sp³-hybridized carbons (Fsp3) is 0.382. The summed E-state index contributed by atoms with van der Waals surface area (Å²) in [5.74, 6) is 2.17. The number of pyridine rings is 1. The van der Waals surface area contributed by atoms with E-state index in [1.54, 1.807) is 6.20 Å². The Labute approximate surface area is 248 Å². The fourth-order valence-electron chi connectivity index (χ4n) is 7.94. The van der Waals surface area contributed by atoms with Crippen LogP contribution in [0.1, 0.15) is 49.9 Å². The molecule has 4 aliphatic heterocycles. The third-order valence-corrected chi connectivity index (χ3v) is 9.90. The molecule has 0 unspecified atom stereocenters. The molecule has 4 aromatic rings. The minimum Gasteiger partial charge on any atom is -0.508 e. The number of aromatic hydroxyl groups is 1. The Morgan fingerprint density at radius 1 is 1.07 bits per heavy atom. The molecule has 43 heavy (non-hydrogen) atoms. The van der Waals surface area contributed by atoms with Gasteiger partial charge in [0, 0.05) is 47.9 Å². The van der Waals surface area contributed by atoms with Crippen LogP contribution in [0.15, 0.2) is 36.5 Å². The molecule has 9 heteroatoms. The quantitative estimate of drug-likeness (QED) is 0.315. The predicted molar refractivity (Wildman–Crippen MR) is 164 cm³/mol. The highest BCUT2D eigenvalue weighted by Crippen LogP contribution is 2.41. The van der Waals surface area contributed by atoms with Crippen LogP contribution in [-0.2, 0) is 0 Å². The van der Waals surface area contributed by atoms with Crippen LogP contribution in [0.3, 0.4) is 0 Å². The van der Waals surface area contributed by atoms with E-state index in [1.807, 2.05) is 6.08 Å². The van der Waals surface area contributed by atoms with E-state index >= 15 is 4.39 Å². The number of anilines is 1. The first kappa shape index (κ1) is 26.5. The second-order valence-electron chi connectivity index (χ2n) is 12.4. The van der Waals surface area contributed by atoms with Crippen molar-refractivity contribution in [2.75, 3.05) is 31.1 Å². The van der Waals surface area contributed by atoms with Crippen molar-refractivity contribution in [2.24, 2.45) is 0 Å². The van der Waals surface area contributed by atoms with Gasteiger partial charge in [0.25, 0.3) is 0 Å². The molecule has 7 nitrogen and oxygen atoms in total. The summed E-state index contributed by atoms with van der Waals surface area (Å²) in [6.07, 6.45) is 18.2. The number of terminal acetylenes is 1. The van der Waals surface area contributed by atoms with Crippen molar-refractivity contribution in [1.29, 1.82) is 0 Å². The number of piperazine rings is 1. The molecule has 0 aliphatic carbocycles. The van der Waals surface area contributed by atoms with Gasteiger partial charge < -0.3 is 15.3 Å². The summed E-state index contributed by atoms with van der Waals surface area (Å²) < 4.78 is 31.5. The van der Waals surface area contributed by atoms with Gasteiger partial charge in [0.2, 0.25) is 0 Å². The van der Waals surface area contributed by atoms with Gasteiger partial charge in [-0.1, -0.05) is 18.1 Å². The second kappa shape index (κ2) is 9.97. The van der Waals surface area contributed by atoms with Gasteiger partial charge in [0.05, 0.1) is 10.9 Å². The van der Waals surface area contributed by atoms with Crippen molar-refractivity contribution >= 4 is 33.6 Å². The highest BCUT2D eigenvalue weighted by atomic mass is 19.1. The van der Waals surface area contributed by atoms with Crippen molar-refractivity contribution in [3.8, 4) is 29.4 Å². The zero-order chi connectivity index (χ0) is 29.3. The van der Waals surface area contributed by atoms with E-state index in [1.165, 1.54) is 37.1 Å². The SMILES string of the molecule is C#Cc1c(F)ccc2cc(O)cc(-c3ncc4c(N5C[C@H]6CC[C@@H](C5)N6)nc(/C=C/C56CCCN5CCC6)nc4c3F)c12. The van der Waals surface area contributed by atoms with Gasteiger partial charge in [-0.05, 0) is 81.3 Å². The number of rotatable bonds is 4. The molecule has 218 valence electrons. The van der Waals surface area contributed by atoms with Crippen LogP contribution in [0.2, 0.25) is 0 Å². The van der Waals surface area contributed by atoms with Crippen LogP contribution in [-0.4, -0.2) is 68.8 Å². The van der Waals surface area contributed by atoms with Gasteiger partial charge in [-0.3, -0.25) is 9.88 Å². The van der Waals surface area contributed by atoms with Gasteiger partial charge in [0.1, 0.15) is 28.6 Å². The lowest BCUT2D eigenvalue weighted by atomic mass is 9.93. The number of hydrogen-bond acceptors (Lipinski definition) is 7. The molecule has 0 amide bonds. The number of aromatic nitrogens is 3. The van der Waals surface area contributed by atoms with Gasteiger partial charge in [-0.2, -0.15) is 0 Å². The average molecular weight is 579 g/mol. The number of fused-ring (bicyclic) bond motifs is 5. The summed E-state index contributed by atoms with van der Waals surface area (Å²) in [7, 11) is 0. The van der Waals surface area contributed by atoms with Crippen molar-refractivity contribution in [3.63, 3.8) is 0 Å². The Morgan fingerprint density at radius 2 is 1.84 bits per heavy atom. The molecule has 4 fully saturated rings. The first-order chi connectivity index (χ1) is 20.9. The lowest BCUT2D eigenvalue weighted by molar-refractivity contribution is 0.251. The van der Waals surface area contributed by atoms with Gasteiger partial charge in [-0.15, -0.1) is 6.42 Å². The molecule has 4 saturated heterocycles. The first-order valence-corrected chi connectivity index (χ1v) is 15.2.